The number of alkyl halides is 3. The minimum absolute atomic E-state index is 0.0490. The molecule has 1 heterocycles. The van der Waals surface area contributed by atoms with Crippen molar-refractivity contribution in [2.45, 2.75) is 47.4 Å². The Morgan fingerprint density at radius 1 is 1.29 bits per heavy atom. The van der Waals surface area contributed by atoms with E-state index in [1.165, 1.54) is 0 Å². The van der Waals surface area contributed by atoms with Crippen LogP contribution in [-0.4, -0.2) is 22.2 Å². The summed E-state index contributed by atoms with van der Waals surface area (Å²) >= 11 is 19.7. The quantitative estimate of drug-likeness (QED) is 0.815. The number of fused-ring (bicyclic) bond motifs is 1. The predicted octanol–water partition coefficient (Wildman–Crippen LogP) is 4.24. The Morgan fingerprint density at radius 3 is 2.71 bits per heavy atom. The monoisotopic (exact) mass is 345 g/mol. The number of carbonyl (C=O) groups is 1. The molecule has 1 unspecified atom stereocenters. The molecule has 1 aromatic carbocycles. The van der Waals surface area contributed by atoms with Gasteiger partial charge in [-0.2, -0.15) is 0 Å². The van der Waals surface area contributed by atoms with Gasteiger partial charge in [-0.05, 0) is 31.2 Å². The van der Waals surface area contributed by atoms with Gasteiger partial charge in [0.25, 0.3) is 0 Å². The van der Waals surface area contributed by atoms with Gasteiger partial charge in [-0.25, -0.2) is 0 Å². The Morgan fingerprint density at radius 2 is 2.00 bits per heavy atom. The van der Waals surface area contributed by atoms with E-state index >= 15 is 0 Å². The SMILES string of the molecule is O=C1N[C@H]2CCC[C@H](Cl)[C@H]2[C@]1(Cl)CC(Cl)c1ccccc1. The molecule has 0 aromatic heterocycles. The largest absolute Gasteiger partial charge is 0.351 e. The first kappa shape index (κ1) is 15.5. The first-order valence-electron chi connectivity index (χ1n) is 7.35. The van der Waals surface area contributed by atoms with Gasteiger partial charge in [0.15, 0.2) is 0 Å². The maximum Gasteiger partial charge on any atom is 0.241 e. The molecule has 2 fully saturated rings. The van der Waals surface area contributed by atoms with Crippen molar-refractivity contribution in [1.29, 1.82) is 0 Å². The molecule has 3 rings (SSSR count). The Kier molecular flexibility index (Phi) is 4.40. The van der Waals surface area contributed by atoms with Crippen molar-refractivity contribution in [3.05, 3.63) is 35.9 Å². The van der Waals surface area contributed by atoms with Gasteiger partial charge in [-0.1, -0.05) is 30.3 Å². The summed E-state index contributed by atoms with van der Waals surface area (Å²) < 4.78 is 0. The molecule has 114 valence electrons. The Bertz CT molecular complexity index is 524. The van der Waals surface area contributed by atoms with E-state index in [0.29, 0.717) is 6.42 Å². The second-order valence-electron chi connectivity index (χ2n) is 6.00. The number of halogens is 3. The van der Waals surface area contributed by atoms with E-state index in [4.69, 9.17) is 34.8 Å². The third-order valence-corrected chi connectivity index (χ3v) is 6.15. The van der Waals surface area contributed by atoms with Crippen LogP contribution in [0.4, 0.5) is 0 Å². The normalized spacial score (nSPS) is 36.9. The first-order chi connectivity index (χ1) is 10.0. The van der Waals surface area contributed by atoms with Crippen molar-refractivity contribution < 1.29 is 4.79 Å². The van der Waals surface area contributed by atoms with Crippen LogP contribution in [0.15, 0.2) is 30.3 Å². The maximum atomic E-state index is 12.4. The molecule has 1 aromatic rings. The summed E-state index contributed by atoms with van der Waals surface area (Å²) in [6.07, 6.45) is 3.29. The lowest BCUT2D eigenvalue weighted by molar-refractivity contribution is -0.122. The number of nitrogens with one attached hydrogen (secondary N) is 1. The fourth-order valence-corrected chi connectivity index (χ4v) is 5.21. The molecule has 0 spiro atoms. The van der Waals surface area contributed by atoms with Crippen LogP contribution in [0.5, 0.6) is 0 Å². The number of rotatable bonds is 3. The molecule has 1 aliphatic carbocycles. The first-order valence-corrected chi connectivity index (χ1v) is 8.60. The van der Waals surface area contributed by atoms with E-state index in [1.54, 1.807) is 0 Å². The third kappa shape index (κ3) is 2.78. The number of carbonyl (C=O) groups excluding carboxylic acids is 1. The molecule has 1 saturated heterocycles. The van der Waals surface area contributed by atoms with Gasteiger partial charge in [-0.3, -0.25) is 4.79 Å². The van der Waals surface area contributed by atoms with Gasteiger partial charge in [-0.15, -0.1) is 34.8 Å². The van der Waals surface area contributed by atoms with Crippen LogP contribution in [-0.2, 0) is 4.79 Å². The standard InChI is InChI=1S/C16H18Cl3NO/c17-11-7-4-8-13-14(11)16(19,15(21)20-13)9-12(18)10-5-2-1-3-6-10/h1-3,5-6,11-14H,4,7-9H2,(H,20,21)/t11-,12?,13-,14+,16+/m0/s1. The topological polar surface area (TPSA) is 29.1 Å². The number of hydrogen-bond donors (Lipinski definition) is 1. The van der Waals surface area contributed by atoms with Gasteiger partial charge >= 0.3 is 0 Å². The molecule has 1 saturated carbocycles. The Hall–Kier alpha value is -0.440. The Balaban J connectivity index is 1.83. The van der Waals surface area contributed by atoms with E-state index in [2.05, 4.69) is 5.32 Å². The molecule has 1 aliphatic heterocycles. The van der Waals surface area contributed by atoms with Crippen molar-refractivity contribution in [2.24, 2.45) is 5.92 Å². The van der Waals surface area contributed by atoms with Crippen LogP contribution in [0.25, 0.3) is 0 Å². The summed E-state index contributed by atoms with van der Waals surface area (Å²) in [6, 6.07) is 9.83. The van der Waals surface area contributed by atoms with Crippen LogP contribution >= 0.6 is 34.8 Å². The minimum atomic E-state index is -1.00. The van der Waals surface area contributed by atoms with E-state index < -0.39 is 4.87 Å². The minimum Gasteiger partial charge on any atom is -0.351 e. The molecular weight excluding hydrogens is 329 g/mol. The summed E-state index contributed by atoms with van der Waals surface area (Å²) in [6.45, 7) is 0. The third-order valence-electron chi connectivity index (χ3n) is 4.68. The fraction of sp³-hybridized carbons (Fsp3) is 0.562. The molecule has 0 radical (unpaired) electrons. The maximum absolute atomic E-state index is 12.4. The zero-order valence-electron chi connectivity index (χ0n) is 11.6. The Labute approximate surface area is 140 Å². The molecule has 2 aliphatic rings. The molecule has 21 heavy (non-hydrogen) atoms. The van der Waals surface area contributed by atoms with Crippen molar-refractivity contribution in [1.82, 2.24) is 5.32 Å². The van der Waals surface area contributed by atoms with Crippen LogP contribution in [0.3, 0.4) is 0 Å². The summed E-state index contributed by atoms with van der Waals surface area (Å²) in [4.78, 5) is 11.4. The second-order valence-corrected chi connectivity index (χ2v) is 7.76. The molecule has 1 N–H and O–H groups in total. The zero-order chi connectivity index (χ0) is 15.0. The lowest BCUT2D eigenvalue weighted by Crippen LogP contribution is -2.44. The van der Waals surface area contributed by atoms with Gasteiger partial charge in [0.1, 0.15) is 4.87 Å². The van der Waals surface area contributed by atoms with Crippen molar-refractivity contribution in [3.63, 3.8) is 0 Å². The highest BCUT2D eigenvalue weighted by Gasteiger charge is 2.58. The highest BCUT2D eigenvalue weighted by Crippen LogP contribution is 2.49. The van der Waals surface area contributed by atoms with Gasteiger partial charge in [0.05, 0.1) is 5.38 Å². The molecule has 2 nitrogen and oxygen atoms in total. The van der Waals surface area contributed by atoms with E-state index in [1.807, 2.05) is 30.3 Å². The number of amides is 1. The molecule has 5 atom stereocenters. The van der Waals surface area contributed by atoms with Crippen LogP contribution in [0.1, 0.15) is 36.6 Å². The average Bonchev–Trinajstić information content (AvgIpc) is 2.72. The van der Waals surface area contributed by atoms with Crippen LogP contribution in [0.2, 0.25) is 0 Å². The molecule has 5 heteroatoms. The summed E-state index contributed by atoms with van der Waals surface area (Å²) in [5.41, 5.74) is 0.984. The fourth-order valence-electron chi connectivity index (χ4n) is 3.62. The number of hydrogen-bond acceptors (Lipinski definition) is 1. The van der Waals surface area contributed by atoms with E-state index in [9.17, 15) is 4.79 Å². The van der Waals surface area contributed by atoms with Gasteiger partial charge in [0.2, 0.25) is 5.91 Å². The predicted molar refractivity (Wildman–Crippen MR) is 87.1 cm³/mol. The van der Waals surface area contributed by atoms with E-state index in [-0.39, 0.29) is 28.6 Å². The second kappa shape index (κ2) is 5.98. The lowest BCUT2D eigenvalue weighted by Gasteiger charge is -2.36. The van der Waals surface area contributed by atoms with Crippen LogP contribution in [0, 0.1) is 5.92 Å². The molecule has 0 bridgehead atoms. The van der Waals surface area contributed by atoms with Crippen LogP contribution < -0.4 is 5.32 Å². The van der Waals surface area contributed by atoms with Crippen molar-refractivity contribution in [2.75, 3.05) is 0 Å². The van der Waals surface area contributed by atoms with Gasteiger partial charge < -0.3 is 5.32 Å². The summed E-state index contributed by atoms with van der Waals surface area (Å²) in [5, 5.41) is 2.66. The summed E-state index contributed by atoms with van der Waals surface area (Å²) in [7, 11) is 0. The number of benzene rings is 1. The lowest BCUT2D eigenvalue weighted by atomic mass is 9.76. The average molecular weight is 347 g/mol. The highest BCUT2D eigenvalue weighted by atomic mass is 35.5. The zero-order valence-corrected chi connectivity index (χ0v) is 13.8. The molecular formula is C16H18Cl3NO. The highest BCUT2D eigenvalue weighted by molar-refractivity contribution is 6.37. The summed E-state index contributed by atoms with van der Waals surface area (Å²) in [5.74, 6) is -0.166. The van der Waals surface area contributed by atoms with Crippen molar-refractivity contribution >= 4 is 40.7 Å². The smallest absolute Gasteiger partial charge is 0.241 e. The van der Waals surface area contributed by atoms with Crippen molar-refractivity contribution in [3.8, 4) is 0 Å². The van der Waals surface area contributed by atoms with E-state index in [0.717, 1.165) is 24.8 Å². The molecule has 1 amide bonds. The van der Waals surface area contributed by atoms with Gasteiger partial charge in [0, 0.05) is 17.3 Å².